The van der Waals surface area contributed by atoms with E-state index < -0.39 is 0 Å². The topological polar surface area (TPSA) is 74.4 Å². The number of hydrogen-bond acceptors (Lipinski definition) is 7. The first-order valence-electron chi connectivity index (χ1n) is 9.10. The SMILES string of the molecule is CCOC(=O)C1CCCN(Cn2nnn(-c3cc(C)ccc3OC)c2=S)C1. The van der Waals surface area contributed by atoms with Gasteiger partial charge in [0, 0.05) is 6.54 Å². The summed E-state index contributed by atoms with van der Waals surface area (Å²) in [5, 5.41) is 8.42. The van der Waals surface area contributed by atoms with E-state index >= 15 is 0 Å². The van der Waals surface area contributed by atoms with Crippen molar-refractivity contribution in [3.63, 3.8) is 0 Å². The fraction of sp³-hybridized carbons (Fsp3) is 0.556. The van der Waals surface area contributed by atoms with Crippen molar-refractivity contribution in [3.8, 4) is 11.4 Å². The number of aromatic nitrogens is 4. The molecule has 27 heavy (non-hydrogen) atoms. The van der Waals surface area contributed by atoms with E-state index in [0.29, 0.717) is 30.3 Å². The summed E-state index contributed by atoms with van der Waals surface area (Å²) in [7, 11) is 1.62. The normalized spacial score (nSPS) is 17.7. The minimum absolute atomic E-state index is 0.0974. The highest BCUT2D eigenvalue weighted by atomic mass is 32.1. The number of aryl methyl sites for hydroxylation is 1. The highest BCUT2D eigenvalue weighted by Crippen LogP contribution is 2.24. The molecule has 1 aliphatic rings. The summed E-state index contributed by atoms with van der Waals surface area (Å²) in [6.45, 7) is 6.26. The molecule has 3 rings (SSSR count). The van der Waals surface area contributed by atoms with Gasteiger partial charge in [-0.2, -0.15) is 4.68 Å². The van der Waals surface area contributed by atoms with Crippen LogP contribution in [-0.4, -0.2) is 57.5 Å². The highest BCUT2D eigenvalue weighted by molar-refractivity contribution is 7.71. The van der Waals surface area contributed by atoms with Gasteiger partial charge in [-0.05, 0) is 73.6 Å². The van der Waals surface area contributed by atoms with Crippen LogP contribution in [0.25, 0.3) is 5.69 Å². The zero-order chi connectivity index (χ0) is 19.4. The Morgan fingerprint density at radius 1 is 1.37 bits per heavy atom. The zero-order valence-corrected chi connectivity index (χ0v) is 16.7. The third-order valence-corrected chi connectivity index (χ3v) is 5.05. The van der Waals surface area contributed by atoms with Crippen LogP contribution in [-0.2, 0) is 16.2 Å². The van der Waals surface area contributed by atoms with Gasteiger partial charge in [-0.15, -0.1) is 0 Å². The van der Waals surface area contributed by atoms with E-state index in [4.69, 9.17) is 21.7 Å². The average molecular weight is 391 g/mol. The van der Waals surface area contributed by atoms with Gasteiger partial charge in [-0.3, -0.25) is 9.69 Å². The summed E-state index contributed by atoms with van der Waals surface area (Å²) in [4.78, 5) is 14.2. The fourth-order valence-electron chi connectivity index (χ4n) is 3.31. The maximum absolute atomic E-state index is 12.0. The minimum atomic E-state index is -0.126. The number of ether oxygens (including phenoxy) is 2. The summed E-state index contributed by atoms with van der Waals surface area (Å²) in [5.74, 6) is 0.461. The molecule has 1 aromatic heterocycles. The largest absolute Gasteiger partial charge is 0.494 e. The molecule has 0 N–H and O–H groups in total. The second kappa shape index (κ2) is 8.62. The molecule has 0 radical (unpaired) electrons. The predicted molar refractivity (Wildman–Crippen MR) is 102 cm³/mol. The smallest absolute Gasteiger partial charge is 0.310 e. The molecule has 8 nitrogen and oxygen atoms in total. The molecule has 2 aromatic rings. The quantitative estimate of drug-likeness (QED) is 0.553. The van der Waals surface area contributed by atoms with Crippen LogP contribution >= 0.6 is 12.2 Å². The molecule has 1 unspecified atom stereocenters. The molecule has 1 saturated heterocycles. The molecule has 0 amide bonds. The van der Waals surface area contributed by atoms with Gasteiger partial charge in [0.1, 0.15) is 11.4 Å². The Bertz CT molecular complexity index is 863. The molecule has 0 bridgehead atoms. The Hall–Kier alpha value is -2.26. The van der Waals surface area contributed by atoms with Crippen molar-refractivity contribution >= 4 is 18.2 Å². The number of piperidine rings is 1. The molecule has 0 saturated carbocycles. The van der Waals surface area contributed by atoms with Gasteiger partial charge in [0.15, 0.2) is 0 Å². The summed E-state index contributed by atoms with van der Waals surface area (Å²) in [6.07, 6.45) is 1.80. The van der Waals surface area contributed by atoms with Gasteiger partial charge >= 0.3 is 5.97 Å². The van der Waals surface area contributed by atoms with E-state index in [-0.39, 0.29) is 11.9 Å². The number of esters is 1. The predicted octanol–water partition coefficient (Wildman–Crippen LogP) is 2.35. The Morgan fingerprint density at radius 3 is 2.93 bits per heavy atom. The van der Waals surface area contributed by atoms with Crippen molar-refractivity contribution in [2.75, 3.05) is 26.8 Å². The molecule has 1 aromatic carbocycles. The molecule has 0 aliphatic carbocycles. The number of benzene rings is 1. The van der Waals surface area contributed by atoms with Crippen molar-refractivity contribution in [1.29, 1.82) is 0 Å². The maximum atomic E-state index is 12.0. The Morgan fingerprint density at radius 2 is 2.19 bits per heavy atom. The van der Waals surface area contributed by atoms with Gasteiger partial charge in [0.2, 0.25) is 4.77 Å². The van der Waals surface area contributed by atoms with E-state index in [1.165, 1.54) is 0 Å². The molecular formula is C18H25N5O3S. The molecule has 1 fully saturated rings. The van der Waals surface area contributed by atoms with E-state index in [0.717, 1.165) is 30.6 Å². The van der Waals surface area contributed by atoms with Crippen molar-refractivity contribution in [2.45, 2.75) is 33.4 Å². The molecule has 2 heterocycles. The first-order valence-corrected chi connectivity index (χ1v) is 9.51. The summed E-state index contributed by atoms with van der Waals surface area (Å²) in [6, 6.07) is 5.82. The number of carbonyl (C=O) groups excluding carboxylic acids is 1. The van der Waals surface area contributed by atoms with Crippen molar-refractivity contribution in [1.82, 2.24) is 24.7 Å². The number of likely N-dealkylation sites (tertiary alicyclic amines) is 1. The molecule has 9 heteroatoms. The summed E-state index contributed by atoms with van der Waals surface area (Å²) < 4.78 is 14.3. The Labute approximate surface area is 163 Å². The minimum Gasteiger partial charge on any atom is -0.494 e. The zero-order valence-electron chi connectivity index (χ0n) is 15.9. The van der Waals surface area contributed by atoms with E-state index in [1.54, 1.807) is 16.5 Å². The van der Waals surface area contributed by atoms with E-state index in [9.17, 15) is 4.79 Å². The molecule has 1 atom stereocenters. The van der Waals surface area contributed by atoms with Crippen LogP contribution in [0.4, 0.5) is 0 Å². The average Bonchev–Trinajstić information content (AvgIpc) is 3.02. The lowest BCUT2D eigenvalue weighted by molar-refractivity contribution is -0.150. The number of nitrogens with zero attached hydrogens (tertiary/aromatic N) is 5. The van der Waals surface area contributed by atoms with Gasteiger partial charge in [-0.1, -0.05) is 6.07 Å². The third kappa shape index (κ3) is 4.36. The first kappa shape index (κ1) is 19.5. The van der Waals surface area contributed by atoms with Gasteiger partial charge in [0.25, 0.3) is 0 Å². The van der Waals surface area contributed by atoms with E-state index in [2.05, 4.69) is 15.3 Å². The van der Waals surface area contributed by atoms with E-state index in [1.807, 2.05) is 32.0 Å². The third-order valence-electron chi connectivity index (χ3n) is 4.66. The monoisotopic (exact) mass is 391 g/mol. The highest BCUT2D eigenvalue weighted by Gasteiger charge is 2.27. The Balaban J connectivity index is 1.77. The summed E-state index contributed by atoms with van der Waals surface area (Å²) >= 11 is 5.58. The van der Waals surface area contributed by atoms with Crippen LogP contribution in [0.2, 0.25) is 0 Å². The lowest BCUT2D eigenvalue weighted by atomic mass is 9.99. The number of methoxy groups -OCH3 is 1. The van der Waals surface area contributed by atoms with Gasteiger partial charge in [-0.25, -0.2) is 4.68 Å². The second-order valence-electron chi connectivity index (χ2n) is 6.66. The molecule has 1 aliphatic heterocycles. The number of carbonyl (C=O) groups is 1. The second-order valence-corrected chi connectivity index (χ2v) is 7.02. The summed E-state index contributed by atoms with van der Waals surface area (Å²) in [5.41, 5.74) is 1.84. The lowest BCUT2D eigenvalue weighted by Crippen LogP contribution is -2.40. The number of tetrazole rings is 1. The van der Waals surface area contributed by atoms with Crippen LogP contribution in [0.5, 0.6) is 5.75 Å². The van der Waals surface area contributed by atoms with Crippen LogP contribution in [0.15, 0.2) is 18.2 Å². The van der Waals surface area contributed by atoms with Crippen LogP contribution in [0, 0.1) is 17.6 Å². The molecule has 146 valence electrons. The van der Waals surface area contributed by atoms with Crippen LogP contribution in [0.1, 0.15) is 25.3 Å². The maximum Gasteiger partial charge on any atom is 0.310 e. The number of hydrogen-bond donors (Lipinski definition) is 0. The fourth-order valence-corrected chi connectivity index (χ4v) is 3.53. The van der Waals surface area contributed by atoms with Crippen LogP contribution < -0.4 is 4.74 Å². The first-order chi connectivity index (χ1) is 13.0. The molecule has 0 spiro atoms. The molecular weight excluding hydrogens is 366 g/mol. The van der Waals surface area contributed by atoms with Crippen molar-refractivity contribution in [2.24, 2.45) is 5.92 Å². The lowest BCUT2D eigenvalue weighted by Gasteiger charge is -2.30. The number of rotatable bonds is 6. The Kier molecular flexibility index (Phi) is 6.22. The van der Waals surface area contributed by atoms with Gasteiger partial charge < -0.3 is 9.47 Å². The van der Waals surface area contributed by atoms with Crippen LogP contribution in [0.3, 0.4) is 0 Å². The van der Waals surface area contributed by atoms with Crippen molar-refractivity contribution < 1.29 is 14.3 Å². The van der Waals surface area contributed by atoms with Crippen molar-refractivity contribution in [3.05, 3.63) is 28.5 Å². The van der Waals surface area contributed by atoms with Gasteiger partial charge in [0.05, 0.1) is 26.3 Å². The standard InChI is InChI=1S/C18H25N5O3S/c1-4-26-17(24)14-6-5-9-21(11-14)12-22-18(27)23(20-19-22)15-10-13(2)7-8-16(15)25-3/h7-8,10,14H,4-6,9,11-12H2,1-3H3.